The topological polar surface area (TPSA) is 41.5 Å². The predicted molar refractivity (Wildman–Crippen MR) is 90.4 cm³/mol. The number of hydrogen-bond acceptors (Lipinski definition) is 4. The second-order valence-electron chi connectivity index (χ2n) is 6.01. The molecule has 0 bridgehead atoms. The number of rotatable bonds is 7. The van der Waals surface area contributed by atoms with Crippen LogP contribution in [-0.2, 0) is 0 Å². The van der Waals surface area contributed by atoms with E-state index in [-0.39, 0.29) is 0 Å². The molecule has 0 radical (unpaired) electrons. The number of ether oxygens (including phenoxy) is 1. The zero-order valence-electron chi connectivity index (χ0n) is 13.3. The molecule has 1 aliphatic carbocycles. The van der Waals surface area contributed by atoms with Crippen molar-refractivity contribution in [2.45, 2.75) is 50.5 Å². The van der Waals surface area contributed by atoms with Gasteiger partial charge in [-0.05, 0) is 56.2 Å². The van der Waals surface area contributed by atoms with Crippen LogP contribution in [0.3, 0.4) is 0 Å². The van der Waals surface area contributed by atoms with E-state index in [9.17, 15) is 5.11 Å². The van der Waals surface area contributed by atoms with Crippen LogP contribution in [-0.4, -0.2) is 41.9 Å². The van der Waals surface area contributed by atoms with Crippen molar-refractivity contribution in [2.75, 3.05) is 19.4 Å². The minimum Gasteiger partial charge on any atom is -0.491 e. The number of aryl methyl sites for hydroxylation is 2. The third kappa shape index (κ3) is 5.20. The Labute approximate surface area is 132 Å². The summed E-state index contributed by atoms with van der Waals surface area (Å²) < 4.78 is 5.70. The molecule has 0 heterocycles. The molecule has 1 saturated carbocycles. The van der Waals surface area contributed by atoms with Crippen LogP contribution in [0.25, 0.3) is 0 Å². The van der Waals surface area contributed by atoms with Crippen LogP contribution in [0.1, 0.15) is 30.4 Å². The molecule has 0 saturated heterocycles. The summed E-state index contributed by atoms with van der Waals surface area (Å²) in [6.07, 6.45) is 5.50. The summed E-state index contributed by atoms with van der Waals surface area (Å²) >= 11 is 1.93. The van der Waals surface area contributed by atoms with Gasteiger partial charge < -0.3 is 15.2 Å². The highest BCUT2D eigenvalue weighted by Gasteiger charge is 2.26. The van der Waals surface area contributed by atoms with E-state index in [0.717, 1.165) is 5.75 Å². The smallest absolute Gasteiger partial charge is 0.119 e. The van der Waals surface area contributed by atoms with Crippen molar-refractivity contribution >= 4 is 11.8 Å². The Morgan fingerprint density at radius 2 is 2.00 bits per heavy atom. The van der Waals surface area contributed by atoms with Crippen molar-refractivity contribution in [3.05, 3.63) is 29.3 Å². The highest BCUT2D eigenvalue weighted by atomic mass is 32.2. The Bertz CT molecular complexity index is 432. The second kappa shape index (κ2) is 8.06. The van der Waals surface area contributed by atoms with Crippen LogP contribution >= 0.6 is 11.8 Å². The van der Waals surface area contributed by atoms with Crippen LogP contribution in [0.5, 0.6) is 5.75 Å². The highest BCUT2D eigenvalue weighted by molar-refractivity contribution is 7.99. The molecule has 21 heavy (non-hydrogen) atoms. The minimum absolute atomic E-state index is 0.340. The summed E-state index contributed by atoms with van der Waals surface area (Å²) in [7, 11) is 0. The lowest BCUT2D eigenvalue weighted by atomic mass is 10.1. The summed E-state index contributed by atoms with van der Waals surface area (Å²) in [5, 5.41) is 14.3. The predicted octanol–water partition coefficient (Wildman–Crippen LogP) is 2.92. The second-order valence-corrected chi connectivity index (χ2v) is 7.08. The van der Waals surface area contributed by atoms with Gasteiger partial charge in [0.15, 0.2) is 0 Å². The van der Waals surface area contributed by atoms with Gasteiger partial charge in [0.1, 0.15) is 18.5 Å². The fourth-order valence-electron chi connectivity index (χ4n) is 3.00. The summed E-state index contributed by atoms with van der Waals surface area (Å²) in [5.74, 6) is 0.842. The maximum absolute atomic E-state index is 10.1. The number of benzene rings is 1. The molecule has 0 spiro atoms. The van der Waals surface area contributed by atoms with Gasteiger partial charge in [-0.15, -0.1) is 0 Å². The van der Waals surface area contributed by atoms with E-state index in [4.69, 9.17) is 4.74 Å². The maximum atomic E-state index is 10.1. The van der Waals surface area contributed by atoms with Crippen LogP contribution in [0.4, 0.5) is 0 Å². The van der Waals surface area contributed by atoms with Gasteiger partial charge >= 0.3 is 0 Å². The van der Waals surface area contributed by atoms with Gasteiger partial charge in [-0.1, -0.05) is 12.5 Å². The monoisotopic (exact) mass is 309 g/mol. The van der Waals surface area contributed by atoms with Gasteiger partial charge in [-0.25, -0.2) is 0 Å². The van der Waals surface area contributed by atoms with E-state index >= 15 is 0 Å². The van der Waals surface area contributed by atoms with Gasteiger partial charge in [-0.3, -0.25) is 0 Å². The van der Waals surface area contributed by atoms with Crippen LogP contribution < -0.4 is 10.1 Å². The standard InChI is InChI=1S/C17H27NO2S/c1-12-7-13(2)9-15(8-12)20-11-14(19)10-18-16-5-4-6-17(16)21-3/h7-9,14,16-19H,4-6,10-11H2,1-3H3. The maximum Gasteiger partial charge on any atom is 0.119 e. The number of aliphatic hydroxyl groups excluding tert-OH is 1. The van der Waals surface area contributed by atoms with E-state index in [2.05, 4.69) is 31.5 Å². The van der Waals surface area contributed by atoms with Gasteiger partial charge in [-0.2, -0.15) is 11.8 Å². The number of nitrogens with one attached hydrogen (secondary N) is 1. The van der Waals surface area contributed by atoms with Gasteiger partial charge in [0.2, 0.25) is 0 Å². The molecule has 3 nitrogen and oxygen atoms in total. The third-order valence-electron chi connectivity index (χ3n) is 4.01. The summed E-state index contributed by atoms with van der Waals surface area (Å²) in [6, 6.07) is 6.67. The van der Waals surface area contributed by atoms with Crippen molar-refractivity contribution < 1.29 is 9.84 Å². The lowest BCUT2D eigenvalue weighted by molar-refractivity contribution is 0.104. The summed E-state index contributed by atoms with van der Waals surface area (Å²) in [5.41, 5.74) is 2.37. The molecule has 118 valence electrons. The highest BCUT2D eigenvalue weighted by Crippen LogP contribution is 2.28. The minimum atomic E-state index is -0.464. The Morgan fingerprint density at radius 1 is 1.29 bits per heavy atom. The molecule has 4 heteroatoms. The largest absolute Gasteiger partial charge is 0.491 e. The lowest BCUT2D eigenvalue weighted by Gasteiger charge is -2.21. The first-order chi connectivity index (χ1) is 10.1. The molecule has 0 amide bonds. The first-order valence-corrected chi connectivity index (χ1v) is 9.02. The number of hydrogen-bond donors (Lipinski definition) is 2. The van der Waals surface area contributed by atoms with E-state index < -0.39 is 6.10 Å². The van der Waals surface area contributed by atoms with Gasteiger partial charge in [0, 0.05) is 17.8 Å². The number of thioether (sulfide) groups is 1. The Balaban J connectivity index is 1.73. The first-order valence-electron chi connectivity index (χ1n) is 7.74. The SMILES string of the molecule is CSC1CCCC1NCC(O)COc1cc(C)cc(C)c1. The average molecular weight is 309 g/mol. The zero-order chi connectivity index (χ0) is 15.2. The molecule has 0 aromatic heterocycles. The molecule has 3 atom stereocenters. The lowest BCUT2D eigenvalue weighted by Crippen LogP contribution is -2.40. The average Bonchev–Trinajstić information content (AvgIpc) is 2.89. The van der Waals surface area contributed by atoms with Crippen LogP contribution in [0, 0.1) is 13.8 Å². The Kier molecular flexibility index (Phi) is 6.40. The molecular formula is C17H27NO2S. The van der Waals surface area contributed by atoms with Crippen LogP contribution in [0.15, 0.2) is 18.2 Å². The molecule has 1 aromatic rings. The van der Waals surface area contributed by atoms with E-state index in [1.165, 1.54) is 30.4 Å². The molecule has 2 rings (SSSR count). The summed E-state index contributed by atoms with van der Waals surface area (Å²) in [4.78, 5) is 0. The number of aliphatic hydroxyl groups is 1. The van der Waals surface area contributed by atoms with E-state index in [1.54, 1.807) is 0 Å². The van der Waals surface area contributed by atoms with Crippen molar-refractivity contribution in [3.63, 3.8) is 0 Å². The molecule has 0 aliphatic heterocycles. The summed E-state index contributed by atoms with van der Waals surface area (Å²) in [6.45, 7) is 5.06. The van der Waals surface area contributed by atoms with Crippen molar-refractivity contribution in [1.82, 2.24) is 5.32 Å². The normalized spacial score (nSPS) is 23.2. The molecule has 3 unspecified atom stereocenters. The fraction of sp³-hybridized carbons (Fsp3) is 0.647. The first kappa shape index (κ1) is 16.7. The Morgan fingerprint density at radius 3 is 2.67 bits per heavy atom. The van der Waals surface area contributed by atoms with Gasteiger partial charge in [0.05, 0.1) is 0 Å². The zero-order valence-corrected chi connectivity index (χ0v) is 14.1. The Hall–Kier alpha value is -0.710. The van der Waals surface area contributed by atoms with Crippen molar-refractivity contribution in [2.24, 2.45) is 0 Å². The van der Waals surface area contributed by atoms with Crippen molar-refractivity contribution in [1.29, 1.82) is 0 Å². The fourth-order valence-corrected chi connectivity index (χ4v) is 3.96. The molecular weight excluding hydrogens is 282 g/mol. The van der Waals surface area contributed by atoms with Gasteiger partial charge in [0.25, 0.3) is 0 Å². The quantitative estimate of drug-likeness (QED) is 0.812. The van der Waals surface area contributed by atoms with Crippen LogP contribution in [0.2, 0.25) is 0 Å². The van der Waals surface area contributed by atoms with Crippen molar-refractivity contribution in [3.8, 4) is 5.75 Å². The molecule has 1 fully saturated rings. The molecule has 1 aromatic carbocycles. The molecule has 2 N–H and O–H groups in total. The van der Waals surface area contributed by atoms with E-state index in [1.807, 2.05) is 23.9 Å². The van der Waals surface area contributed by atoms with E-state index in [0.29, 0.717) is 24.4 Å². The molecule has 1 aliphatic rings. The third-order valence-corrected chi connectivity index (χ3v) is 5.18.